The average Bonchev–Trinajstić information content (AvgIpc) is 2.50. The van der Waals surface area contributed by atoms with Crippen molar-refractivity contribution >= 4 is 11.5 Å². The van der Waals surface area contributed by atoms with Crippen molar-refractivity contribution in [1.29, 1.82) is 5.41 Å². The first-order chi connectivity index (χ1) is 10.1. The molecule has 0 aromatic heterocycles. The highest BCUT2D eigenvalue weighted by atomic mass is 16.5. The van der Waals surface area contributed by atoms with Gasteiger partial charge in [-0.1, -0.05) is 0 Å². The van der Waals surface area contributed by atoms with Crippen LogP contribution in [0.2, 0.25) is 0 Å². The van der Waals surface area contributed by atoms with E-state index < -0.39 is 0 Å². The fourth-order valence-electron chi connectivity index (χ4n) is 2.08. The normalized spacial score (nSPS) is 10.4. The van der Waals surface area contributed by atoms with Crippen LogP contribution in [0.3, 0.4) is 0 Å². The number of ether oxygens (including phenoxy) is 3. The minimum absolute atomic E-state index is 0.0433. The Bertz CT molecular complexity index is 452. The summed E-state index contributed by atoms with van der Waals surface area (Å²) in [5.74, 6) is 0.783. The second-order valence-corrected chi connectivity index (χ2v) is 4.62. The molecule has 0 radical (unpaired) electrons. The Morgan fingerprint density at radius 1 is 1.14 bits per heavy atom. The molecule has 0 aliphatic carbocycles. The van der Waals surface area contributed by atoms with Gasteiger partial charge in [0.15, 0.2) is 0 Å². The molecule has 3 N–H and O–H groups in total. The van der Waals surface area contributed by atoms with Crippen molar-refractivity contribution in [3.05, 3.63) is 23.8 Å². The van der Waals surface area contributed by atoms with Crippen molar-refractivity contribution in [3.63, 3.8) is 0 Å². The SMILES string of the molecule is COCCCN(CCOC)c1cc(OC)ccc1C(=N)N. The number of methoxy groups -OCH3 is 3. The minimum atomic E-state index is 0.0433. The molecule has 0 saturated heterocycles. The third-order valence-corrected chi connectivity index (χ3v) is 3.18. The number of hydrogen-bond acceptors (Lipinski definition) is 5. The summed E-state index contributed by atoms with van der Waals surface area (Å²) in [5, 5.41) is 7.74. The van der Waals surface area contributed by atoms with E-state index in [9.17, 15) is 0 Å². The molecule has 0 amide bonds. The molecule has 21 heavy (non-hydrogen) atoms. The summed E-state index contributed by atoms with van der Waals surface area (Å²) in [6, 6.07) is 5.52. The highest BCUT2D eigenvalue weighted by Gasteiger charge is 2.14. The average molecular weight is 295 g/mol. The first kappa shape index (κ1) is 17.3. The summed E-state index contributed by atoms with van der Waals surface area (Å²) >= 11 is 0. The molecule has 6 nitrogen and oxygen atoms in total. The number of benzene rings is 1. The van der Waals surface area contributed by atoms with Crippen molar-refractivity contribution in [2.45, 2.75) is 6.42 Å². The van der Waals surface area contributed by atoms with Crippen LogP contribution in [0.4, 0.5) is 5.69 Å². The van der Waals surface area contributed by atoms with E-state index in [4.69, 9.17) is 25.4 Å². The number of hydrogen-bond donors (Lipinski definition) is 2. The number of anilines is 1. The lowest BCUT2D eigenvalue weighted by Crippen LogP contribution is -2.31. The number of nitrogen functional groups attached to an aromatic ring is 1. The maximum absolute atomic E-state index is 7.74. The van der Waals surface area contributed by atoms with Gasteiger partial charge in [0.25, 0.3) is 0 Å². The van der Waals surface area contributed by atoms with Gasteiger partial charge in [0.1, 0.15) is 11.6 Å². The Kier molecular flexibility index (Phi) is 7.56. The fraction of sp³-hybridized carbons (Fsp3) is 0.533. The molecular formula is C15H25N3O3. The zero-order valence-corrected chi connectivity index (χ0v) is 13.0. The topological polar surface area (TPSA) is 80.8 Å². The monoisotopic (exact) mass is 295 g/mol. The molecule has 1 aromatic rings. The molecule has 0 aliphatic rings. The van der Waals surface area contributed by atoms with Crippen molar-refractivity contribution in [2.75, 3.05) is 52.5 Å². The molecule has 6 heteroatoms. The minimum Gasteiger partial charge on any atom is -0.497 e. The summed E-state index contributed by atoms with van der Waals surface area (Å²) < 4.78 is 15.5. The Balaban J connectivity index is 3.03. The molecule has 0 unspecified atom stereocenters. The van der Waals surface area contributed by atoms with E-state index >= 15 is 0 Å². The molecule has 118 valence electrons. The number of amidine groups is 1. The summed E-state index contributed by atoms with van der Waals surface area (Å²) in [5.41, 5.74) is 7.27. The summed E-state index contributed by atoms with van der Waals surface area (Å²) in [6.07, 6.45) is 0.884. The Labute approximate surface area is 126 Å². The highest BCUT2D eigenvalue weighted by Crippen LogP contribution is 2.26. The van der Waals surface area contributed by atoms with Gasteiger partial charge in [-0.3, -0.25) is 5.41 Å². The lowest BCUT2D eigenvalue weighted by Gasteiger charge is -2.27. The second-order valence-electron chi connectivity index (χ2n) is 4.62. The zero-order chi connectivity index (χ0) is 15.7. The predicted molar refractivity (Wildman–Crippen MR) is 84.6 cm³/mol. The number of nitrogens with zero attached hydrogens (tertiary/aromatic N) is 1. The van der Waals surface area contributed by atoms with Gasteiger partial charge in [-0.25, -0.2) is 0 Å². The molecule has 0 spiro atoms. The van der Waals surface area contributed by atoms with Crippen LogP contribution in [-0.4, -0.2) is 53.5 Å². The molecule has 0 atom stereocenters. The smallest absolute Gasteiger partial charge is 0.124 e. The molecule has 1 rings (SSSR count). The van der Waals surface area contributed by atoms with E-state index in [2.05, 4.69) is 4.90 Å². The molecule has 0 bridgehead atoms. The van der Waals surface area contributed by atoms with Gasteiger partial charge < -0.3 is 24.8 Å². The highest BCUT2D eigenvalue weighted by molar-refractivity contribution is 6.00. The largest absolute Gasteiger partial charge is 0.497 e. The fourth-order valence-corrected chi connectivity index (χ4v) is 2.08. The van der Waals surface area contributed by atoms with E-state index in [1.54, 1.807) is 21.3 Å². The van der Waals surface area contributed by atoms with Crippen LogP contribution < -0.4 is 15.4 Å². The van der Waals surface area contributed by atoms with Crippen LogP contribution in [-0.2, 0) is 9.47 Å². The third kappa shape index (κ3) is 5.24. The van der Waals surface area contributed by atoms with Gasteiger partial charge in [-0.2, -0.15) is 0 Å². The van der Waals surface area contributed by atoms with Gasteiger partial charge in [0.05, 0.1) is 19.4 Å². The van der Waals surface area contributed by atoms with Crippen LogP contribution in [0, 0.1) is 5.41 Å². The van der Waals surface area contributed by atoms with Gasteiger partial charge >= 0.3 is 0 Å². The maximum atomic E-state index is 7.74. The van der Waals surface area contributed by atoms with Crippen LogP contribution in [0.5, 0.6) is 5.75 Å². The molecule has 0 saturated carbocycles. The van der Waals surface area contributed by atoms with Gasteiger partial charge in [0.2, 0.25) is 0 Å². The number of rotatable bonds is 10. The zero-order valence-electron chi connectivity index (χ0n) is 13.0. The van der Waals surface area contributed by atoms with Crippen molar-refractivity contribution in [3.8, 4) is 5.75 Å². The quantitative estimate of drug-likeness (QED) is 0.388. The van der Waals surface area contributed by atoms with Crippen molar-refractivity contribution in [1.82, 2.24) is 0 Å². The van der Waals surface area contributed by atoms with Crippen LogP contribution in [0.15, 0.2) is 18.2 Å². The van der Waals surface area contributed by atoms with E-state index in [1.807, 2.05) is 18.2 Å². The molecule has 1 aromatic carbocycles. The van der Waals surface area contributed by atoms with E-state index in [0.29, 0.717) is 25.3 Å². The maximum Gasteiger partial charge on any atom is 0.124 e. The van der Waals surface area contributed by atoms with E-state index in [0.717, 1.165) is 24.4 Å². The van der Waals surface area contributed by atoms with Crippen LogP contribution >= 0.6 is 0 Å². The Morgan fingerprint density at radius 2 is 1.86 bits per heavy atom. The van der Waals surface area contributed by atoms with Gasteiger partial charge in [-0.15, -0.1) is 0 Å². The Morgan fingerprint density at radius 3 is 2.43 bits per heavy atom. The van der Waals surface area contributed by atoms with Gasteiger partial charge in [-0.05, 0) is 18.6 Å². The number of nitrogens with one attached hydrogen (secondary N) is 1. The van der Waals surface area contributed by atoms with Crippen LogP contribution in [0.25, 0.3) is 0 Å². The van der Waals surface area contributed by atoms with E-state index in [1.165, 1.54) is 0 Å². The lowest BCUT2D eigenvalue weighted by atomic mass is 10.1. The first-order valence-electron chi connectivity index (χ1n) is 6.89. The standard InChI is InChI=1S/C15H25N3O3/c1-19-9-4-7-18(8-10-20-2)14-11-12(21-3)5-6-13(14)15(16)17/h5-6,11H,4,7-10H2,1-3H3,(H3,16,17). The number of nitrogens with two attached hydrogens (primary N) is 1. The summed E-state index contributed by atoms with van der Waals surface area (Å²) in [6.45, 7) is 2.79. The Hall–Kier alpha value is -1.79. The van der Waals surface area contributed by atoms with E-state index in [-0.39, 0.29) is 5.84 Å². The summed E-state index contributed by atoms with van der Waals surface area (Å²) in [4.78, 5) is 2.14. The third-order valence-electron chi connectivity index (χ3n) is 3.18. The lowest BCUT2D eigenvalue weighted by molar-refractivity contribution is 0.191. The molecule has 0 aliphatic heterocycles. The van der Waals surface area contributed by atoms with Crippen LogP contribution in [0.1, 0.15) is 12.0 Å². The molecular weight excluding hydrogens is 270 g/mol. The van der Waals surface area contributed by atoms with Crippen molar-refractivity contribution in [2.24, 2.45) is 5.73 Å². The first-order valence-corrected chi connectivity index (χ1v) is 6.89. The van der Waals surface area contributed by atoms with Crippen molar-refractivity contribution < 1.29 is 14.2 Å². The summed E-state index contributed by atoms with van der Waals surface area (Å²) in [7, 11) is 4.98. The van der Waals surface area contributed by atoms with Gasteiger partial charge in [0, 0.05) is 45.5 Å². The molecule has 0 heterocycles. The predicted octanol–water partition coefficient (Wildman–Crippen LogP) is 1.47. The molecule has 0 fully saturated rings. The second kappa shape index (κ2) is 9.20.